The van der Waals surface area contributed by atoms with Crippen molar-refractivity contribution in [1.82, 2.24) is 4.90 Å². The molecule has 0 spiro atoms. The van der Waals surface area contributed by atoms with Gasteiger partial charge in [-0.25, -0.2) is 0 Å². The van der Waals surface area contributed by atoms with Crippen LogP contribution in [0, 0.1) is 23.7 Å². The fourth-order valence-corrected chi connectivity index (χ4v) is 2.99. The number of hydrogen-bond acceptors (Lipinski definition) is 3. The number of rotatable bonds is 1. The summed E-state index contributed by atoms with van der Waals surface area (Å²) in [5.41, 5.74) is 0. The molecule has 5 heteroatoms. The van der Waals surface area contributed by atoms with Gasteiger partial charge >= 0.3 is 5.97 Å². The number of carboxylic acids is 1. The monoisotopic (exact) mass is 225 g/mol. The van der Waals surface area contributed by atoms with Crippen LogP contribution in [0.5, 0.6) is 0 Å². The van der Waals surface area contributed by atoms with Gasteiger partial charge in [0.15, 0.2) is 0 Å². The summed E-state index contributed by atoms with van der Waals surface area (Å²) < 4.78 is 0. The number of imide groups is 1. The van der Waals surface area contributed by atoms with E-state index >= 15 is 0 Å². The Morgan fingerprint density at radius 1 is 1.31 bits per heavy atom. The van der Waals surface area contributed by atoms with Crippen molar-refractivity contribution in [3.8, 4) is 0 Å². The van der Waals surface area contributed by atoms with Crippen LogP contribution in [0.4, 0.5) is 0 Å². The van der Waals surface area contributed by atoms with Crippen molar-refractivity contribution >= 4 is 17.8 Å². The molecule has 1 aliphatic heterocycles. The zero-order valence-electron chi connectivity index (χ0n) is 9.34. The van der Waals surface area contributed by atoms with E-state index in [4.69, 9.17) is 5.11 Å². The van der Waals surface area contributed by atoms with E-state index in [2.05, 4.69) is 0 Å². The van der Waals surface area contributed by atoms with Gasteiger partial charge in [-0.05, 0) is 18.8 Å². The molecule has 5 nitrogen and oxygen atoms in total. The van der Waals surface area contributed by atoms with E-state index in [1.807, 2.05) is 6.92 Å². The highest BCUT2D eigenvalue weighted by molar-refractivity contribution is 6.06. The maximum absolute atomic E-state index is 11.9. The lowest BCUT2D eigenvalue weighted by atomic mass is 9.68. The summed E-state index contributed by atoms with van der Waals surface area (Å²) >= 11 is 0. The van der Waals surface area contributed by atoms with Gasteiger partial charge in [-0.2, -0.15) is 0 Å². The van der Waals surface area contributed by atoms with E-state index < -0.39 is 23.7 Å². The van der Waals surface area contributed by atoms with Crippen LogP contribution in [-0.2, 0) is 14.4 Å². The number of amides is 2. The summed E-state index contributed by atoms with van der Waals surface area (Å²) in [6, 6.07) is 0. The van der Waals surface area contributed by atoms with Gasteiger partial charge in [0.05, 0.1) is 17.8 Å². The molecular weight excluding hydrogens is 210 g/mol. The highest BCUT2D eigenvalue weighted by atomic mass is 16.4. The lowest BCUT2D eigenvalue weighted by Crippen LogP contribution is -2.40. The van der Waals surface area contributed by atoms with E-state index in [0.29, 0.717) is 12.8 Å². The second-order valence-corrected chi connectivity index (χ2v) is 4.79. The van der Waals surface area contributed by atoms with Gasteiger partial charge in [-0.1, -0.05) is 6.92 Å². The van der Waals surface area contributed by atoms with E-state index in [0.717, 1.165) is 4.90 Å². The van der Waals surface area contributed by atoms with Crippen molar-refractivity contribution in [3.63, 3.8) is 0 Å². The zero-order valence-corrected chi connectivity index (χ0v) is 9.34. The fourth-order valence-electron chi connectivity index (χ4n) is 2.99. The minimum atomic E-state index is -0.960. The van der Waals surface area contributed by atoms with Crippen LogP contribution in [0.1, 0.15) is 19.8 Å². The Morgan fingerprint density at radius 2 is 1.94 bits per heavy atom. The number of nitrogens with zero attached hydrogens (tertiary/aromatic N) is 1. The van der Waals surface area contributed by atoms with E-state index in [1.165, 1.54) is 7.05 Å². The lowest BCUT2D eigenvalue weighted by molar-refractivity contribution is -0.152. The number of aliphatic carboxylic acids is 1. The van der Waals surface area contributed by atoms with Crippen LogP contribution < -0.4 is 0 Å². The average molecular weight is 225 g/mol. The quantitative estimate of drug-likeness (QED) is 0.653. The van der Waals surface area contributed by atoms with Gasteiger partial charge in [-0.3, -0.25) is 19.3 Å². The predicted octanol–water partition coefficient (Wildman–Crippen LogP) is 0.348. The summed E-state index contributed by atoms with van der Waals surface area (Å²) in [6.45, 7) is 1.84. The molecule has 0 bridgehead atoms. The maximum atomic E-state index is 11.9. The van der Waals surface area contributed by atoms with Gasteiger partial charge in [0, 0.05) is 7.05 Å². The number of hydrogen-bond donors (Lipinski definition) is 1. The van der Waals surface area contributed by atoms with Gasteiger partial charge in [0.2, 0.25) is 11.8 Å². The normalized spacial score (nSPS) is 38.8. The van der Waals surface area contributed by atoms with Crippen LogP contribution in [0.2, 0.25) is 0 Å². The maximum Gasteiger partial charge on any atom is 0.307 e. The molecule has 2 aliphatic rings. The minimum absolute atomic E-state index is 0.0398. The molecule has 1 heterocycles. The van der Waals surface area contributed by atoms with Gasteiger partial charge < -0.3 is 5.11 Å². The molecule has 2 amide bonds. The predicted molar refractivity (Wildman–Crippen MR) is 54.3 cm³/mol. The van der Waals surface area contributed by atoms with Crippen LogP contribution in [0.3, 0.4) is 0 Å². The molecule has 0 radical (unpaired) electrons. The second-order valence-electron chi connectivity index (χ2n) is 4.79. The molecule has 0 aromatic heterocycles. The van der Waals surface area contributed by atoms with Crippen LogP contribution >= 0.6 is 0 Å². The second kappa shape index (κ2) is 3.57. The summed E-state index contributed by atoms with van der Waals surface area (Å²) in [5, 5.41) is 9.16. The number of fused-ring (bicyclic) bond motifs is 1. The first kappa shape index (κ1) is 11.1. The number of carboxylic acid groups (broad SMARTS) is 1. The van der Waals surface area contributed by atoms with Gasteiger partial charge in [0.25, 0.3) is 0 Å². The van der Waals surface area contributed by atoms with Crippen LogP contribution in [0.15, 0.2) is 0 Å². The van der Waals surface area contributed by atoms with Gasteiger partial charge in [0.1, 0.15) is 0 Å². The van der Waals surface area contributed by atoms with Crippen molar-refractivity contribution in [2.45, 2.75) is 19.8 Å². The Kier molecular flexibility index (Phi) is 2.48. The summed E-state index contributed by atoms with van der Waals surface area (Å²) in [5.74, 6) is -3.29. The van der Waals surface area contributed by atoms with Gasteiger partial charge in [-0.15, -0.1) is 0 Å². The Hall–Kier alpha value is -1.39. The molecule has 1 saturated carbocycles. The molecule has 1 saturated heterocycles. The Labute approximate surface area is 93.4 Å². The lowest BCUT2D eigenvalue weighted by Gasteiger charge is -2.32. The highest BCUT2D eigenvalue weighted by Gasteiger charge is 2.55. The van der Waals surface area contributed by atoms with E-state index in [1.54, 1.807) is 0 Å². The smallest absolute Gasteiger partial charge is 0.307 e. The molecule has 0 aromatic carbocycles. The molecule has 0 aromatic rings. The molecule has 16 heavy (non-hydrogen) atoms. The SMILES string of the molecule is C[C@@H]1CC[C@@H]2C(=O)N(C)C(=O)[C@@H]2[C@H]1C(=O)O. The largest absolute Gasteiger partial charge is 0.481 e. The fraction of sp³-hybridized carbons (Fsp3) is 0.727. The number of carbonyl (C=O) groups excluding carboxylic acids is 2. The molecule has 0 unspecified atom stereocenters. The zero-order chi connectivity index (χ0) is 12.0. The first-order chi connectivity index (χ1) is 7.45. The molecule has 88 valence electrons. The van der Waals surface area contributed by atoms with E-state index in [-0.39, 0.29) is 17.7 Å². The average Bonchev–Trinajstić information content (AvgIpc) is 2.43. The first-order valence-electron chi connectivity index (χ1n) is 5.49. The Morgan fingerprint density at radius 3 is 2.50 bits per heavy atom. The first-order valence-corrected chi connectivity index (χ1v) is 5.49. The standard InChI is InChI=1S/C11H15NO4/c1-5-3-4-6-8(7(5)11(15)16)10(14)12(2)9(6)13/h5-8H,3-4H2,1-2H3,(H,15,16)/t5-,6+,7+,8+/m1/s1. The minimum Gasteiger partial charge on any atom is -0.481 e. The molecular formula is C11H15NO4. The number of likely N-dealkylation sites (tertiary alicyclic amines) is 1. The molecule has 1 N–H and O–H groups in total. The summed E-state index contributed by atoms with van der Waals surface area (Å²) in [4.78, 5) is 35.9. The van der Waals surface area contributed by atoms with Crippen molar-refractivity contribution in [1.29, 1.82) is 0 Å². The van der Waals surface area contributed by atoms with Crippen molar-refractivity contribution in [2.75, 3.05) is 7.05 Å². The Balaban J connectivity index is 2.37. The topological polar surface area (TPSA) is 74.7 Å². The summed E-state index contributed by atoms with van der Waals surface area (Å²) in [6.07, 6.45) is 1.33. The molecule has 2 fully saturated rings. The Bertz CT molecular complexity index is 365. The number of carbonyl (C=O) groups is 3. The molecule has 4 atom stereocenters. The third kappa shape index (κ3) is 1.34. The third-order valence-electron chi connectivity index (χ3n) is 3.92. The van der Waals surface area contributed by atoms with Crippen LogP contribution in [0.25, 0.3) is 0 Å². The third-order valence-corrected chi connectivity index (χ3v) is 3.92. The van der Waals surface area contributed by atoms with Crippen molar-refractivity contribution in [3.05, 3.63) is 0 Å². The van der Waals surface area contributed by atoms with E-state index in [9.17, 15) is 14.4 Å². The van der Waals surface area contributed by atoms with Crippen molar-refractivity contribution < 1.29 is 19.5 Å². The summed E-state index contributed by atoms with van der Waals surface area (Å²) in [7, 11) is 1.44. The molecule has 2 rings (SSSR count). The van der Waals surface area contributed by atoms with Crippen LogP contribution in [-0.4, -0.2) is 34.8 Å². The van der Waals surface area contributed by atoms with Crippen molar-refractivity contribution in [2.24, 2.45) is 23.7 Å². The highest BCUT2D eigenvalue weighted by Crippen LogP contribution is 2.44. The molecule has 1 aliphatic carbocycles.